The molecule has 0 aromatic rings. The average molecular weight is 180 g/mol. The molecule has 0 aromatic heterocycles. The summed E-state index contributed by atoms with van der Waals surface area (Å²) >= 11 is 3.74. The molecule has 0 rings (SSSR count). The van der Waals surface area contributed by atoms with Crippen LogP contribution in [0.1, 0.15) is 6.92 Å². The van der Waals surface area contributed by atoms with Gasteiger partial charge in [0.2, 0.25) is 0 Å². The van der Waals surface area contributed by atoms with Crippen molar-refractivity contribution in [3.05, 3.63) is 0 Å². The van der Waals surface area contributed by atoms with E-state index in [0.717, 1.165) is 0 Å². The Morgan fingerprint density at radius 2 is 2.00 bits per heavy atom. The number of hydrogen-bond acceptors (Lipinski definition) is 4. The minimum absolute atomic E-state index is 0.0153. The first kappa shape index (κ1) is 10.7. The van der Waals surface area contributed by atoms with Crippen LogP contribution in [-0.2, 0) is 4.79 Å². The third kappa shape index (κ3) is 3.09. The van der Waals surface area contributed by atoms with E-state index in [9.17, 15) is 4.79 Å². The number of carboxylic acid groups (broad SMARTS) is 1. The van der Waals surface area contributed by atoms with Gasteiger partial charge in [0.15, 0.2) is 0 Å². The Hall–Kier alpha value is -0.260. The van der Waals surface area contributed by atoms with Crippen LogP contribution in [0.2, 0.25) is 0 Å². The SMILES string of the molecule is CC(O)C(O)C(CS)C(=O)O. The Morgan fingerprint density at radius 3 is 2.09 bits per heavy atom. The summed E-state index contributed by atoms with van der Waals surface area (Å²) in [5, 5.41) is 26.4. The van der Waals surface area contributed by atoms with Gasteiger partial charge in [0.25, 0.3) is 0 Å². The molecule has 0 aliphatic heterocycles. The van der Waals surface area contributed by atoms with Gasteiger partial charge >= 0.3 is 5.97 Å². The summed E-state index contributed by atoms with van der Waals surface area (Å²) in [5.41, 5.74) is 0. The fourth-order valence-corrected chi connectivity index (χ4v) is 1.04. The maximum Gasteiger partial charge on any atom is 0.310 e. The van der Waals surface area contributed by atoms with Gasteiger partial charge in [0.1, 0.15) is 0 Å². The van der Waals surface area contributed by atoms with E-state index in [4.69, 9.17) is 15.3 Å². The van der Waals surface area contributed by atoms with Crippen molar-refractivity contribution in [3.8, 4) is 0 Å². The number of hydrogen-bond donors (Lipinski definition) is 4. The first-order valence-corrected chi connectivity index (χ1v) is 3.83. The monoisotopic (exact) mass is 180 g/mol. The molecule has 0 spiro atoms. The molecule has 3 unspecified atom stereocenters. The van der Waals surface area contributed by atoms with Crippen molar-refractivity contribution in [1.82, 2.24) is 0 Å². The van der Waals surface area contributed by atoms with Gasteiger partial charge in [0.05, 0.1) is 18.1 Å². The zero-order valence-electron chi connectivity index (χ0n) is 6.14. The molecule has 0 aliphatic carbocycles. The summed E-state index contributed by atoms with van der Waals surface area (Å²) in [5.74, 6) is -2.13. The van der Waals surface area contributed by atoms with Gasteiger partial charge in [-0.25, -0.2) is 0 Å². The van der Waals surface area contributed by atoms with Crippen molar-refractivity contribution >= 4 is 18.6 Å². The van der Waals surface area contributed by atoms with Crippen LogP contribution in [0.25, 0.3) is 0 Å². The molecule has 0 aliphatic rings. The summed E-state index contributed by atoms with van der Waals surface area (Å²) in [6.07, 6.45) is -2.28. The van der Waals surface area contributed by atoms with Crippen molar-refractivity contribution in [2.75, 3.05) is 5.75 Å². The molecule has 0 saturated carbocycles. The van der Waals surface area contributed by atoms with Crippen LogP contribution in [0, 0.1) is 5.92 Å². The molecule has 0 heterocycles. The molecule has 4 nitrogen and oxygen atoms in total. The van der Waals surface area contributed by atoms with Crippen LogP contribution in [0.4, 0.5) is 0 Å². The molecule has 0 fully saturated rings. The van der Waals surface area contributed by atoms with Gasteiger partial charge in [-0.1, -0.05) is 0 Å². The standard InChI is InChI=1S/C6H12O4S/c1-3(7)5(8)4(2-11)6(9)10/h3-5,7-8,11H,2H2,1H3,(H,9,10). The largest absolute Gasteiger partial charge is 0.481 e. The lowest BCUT2D eigenvalue weighted by Crippen LogP contribution is -2.37. The highest BCUT2D eigenvalue weighted by Crippen LogP contribution is 2.09. The second-order valence-electron chi connectivity index (χ2n) is 2.36. The Kier molecular flexibility index (Phi) is 4.48. The number of thiol groups is 1. The Bertz CT molecular complexity index is 137. The van der Waals surface area contributed by atoms with E-state index in [1.165, 1.54) is 6.92 Å². The van der Waals surface area contributed by atoms with E-state index in [2.05, 4.69) is 12.6 Å². The van der Waals surface area contributed by atoms with Crippen LogP contribution in [-0.4, -0.2) is 39.2 Å². The predicted octanol–water partition coefficient (Wildman–Crippen LogP) is -0.641. The van der Waals surface area contributed by atoms with E-state index >= 15 is 0 Å². The molecule has 3 N–H and O–H groups in total. The highest BCUT2D eigenvalue weighted by atomic mass is 32.1. The number of aliphatic hydroxyl groups excluding tert-OH is 2. The lowest BCUT2D eigenvalue weighted by molar-refractivity contribution is -0.147. The number of rotatable bonds is 4. The third-order valence-electron chi connectivity index (χ3n) is 1.42. The van der Waals surface area contributed by atoms with Gasteiger partial charge in [0, 0.05) is 5.75 Å². The minimum Gasteiger partial charge on any atom is -0.481 e. The van der Waals surface area contributed by atoms with Gasteiger partial charge in [-0.15, -0.1) is 0 Å². The average Bonchev–Trinajstić information content (AvgIpc) is 1.88. The second kappa shape index (κ2) is 4.58. The number of aliphatic carboxylic acids is 1. The second-order valence-corrected chi connectivity index (χ2v) is 2.72. The first-order chi connectivity index (χ1) is 5.00. The fraction of sp³-hybridized carbons (Fsp3) is 0.833. The van der Waals surface area contributed by atoms with Crippen LogP contribution in [0.3, 0.4) is 0 Å². The number of aliphatic hydroxyl groups is 2. The normalized spacial score (nSPS) is 18.9. The van der Waals surface area contributed by atoms with E-state index in [-0.39, 0.29) is 5.75 Å². The summed E-state index contributed by atoms with van der Waals surface area (Å²) in [4.78, 5) is 10.4. The quantitative estimate of drug-likeness (QED) is 0.434. The summed E-state index contributed by atoms with van der Waals surface area (Å²) < 4.78 is 0. The Morgan fingerprint density at radius 1 is 1.55 bits per heavy atom. The van der Waals surface area contributed by atoms with Crippen molar-refractivity contribution in [2.45, 2.75) is 19.1 Å². The van der Waals surface area contributed by atoms with Crippen molar-refractivity contribution in [1.29, 1.82) is 0 Å². The van der Waals surface area contributed by atoms with Crippen LogP contribution < -0.4 is 0 Å². The molecule has 11 heavy (non-hydrogen) atoms. The lowest BCUT2D eigenvalue weighted by atomic mass is 10.0. The number of carbonyl (C=O) groups is 1. The van der Waals surface area contributed by atoms with Gasteiger partial charge in [-0.2, -0.15) is 12.6 Å². The zero-order valence-corrected chi connectivity index (χ0v) is 7.03. The van der Waals surface area contributed by atoms with Gasteiger partial charge in [-0.3, -0.25) is 4.79 Å². The highest BCUT2D eigenvalue weighted by Gasteiger charge is 2.28. The zero-order chi connectivity index (χ0) is 9.02. The minimum atomic E-state index is -1.25. The van der Waals surface area contributed by atoms with E-state index in [0.29, 0.717) is 0 Å². The Labute approximate surface area is 70.3 Å². The van der Waals surface area contributed by atoms with Gasteiger partial charge < -0.3 is 15.3 Å². The maximum atomic E-state index is 10.4. The topological polar surface area (TPSA) is 77.8 Å². The molecule has 0 radical (unpaired) electrons. The van der Waals surface area contributed by atoms with E-state index in [1.807, 2.05) is 0 Å². The maximum absolute atomic E-state index is 10.4. The van der Waals surface area contributed by atoms with Crippen molar-refractivity contribution in [2.24, 2.45) is 5.92 Å². The smallest absolute Gasteiger partial charge is 0.310 e. The molecule has 3 atom stereocenters. The van der Waals surface area contributed by atoms with Crippen molar-refractivity contribution < 1.29 is 20.1 Å². The molecule has 0 bridgehead atoms. The van der Waals surface area contributed by atoms with Crippen LogP contribution in [0.15, 0.2) is 0 Å². The molecular weight excluding hydrogens is 168 g/mol. The van der Waals surface area contributed by atoms with Gasteiger partial charge in [-0.05, 0) is 6.92 Å². The van der Waals surface area contributed by atoms with E-state index in [1.54, 1.807) is 0 Å². The highest BCUT2D eigenvalue weighted by molar-refractivity contribution is 7.80. The molecule has 0 aromatic carbocycles. The molecular formula is C6H12O4S. The van der Waals surface area contributed by atoms with E-state index < -0.39 is 24.1 Å². The predicted molar refractivity (Wildman–Crippen MR) is 42.7 cm³/mol. The third-order valence-corrected chi connectivity index (χ3v) is 1.81. The summed E-state index contributed by atoms with van der Waals surface area (Å²) in [6, 6.07) is 0. The number of carboxylic acids is 1. The van der Waals surface area contributed by atoms with Crippen molar-refractivity contribution in [3.63, 3.8) is 0 Å². The van der Waals surface area contributed by atoms with Crippen LogP contribution in [0.5, 0.6) is 0 Å². The van der Waals surface area contributed by atoms with Crippen LogP contribution >= 0.6 is 12.6 Å². The summed E-state index contributed by atoms with van der Waals surface area (Å²) in [6.45, 7) is 1.34. The molecule has 66 valence electrons. The molecule has 5 heteroatoms. The molecule has 0 amide bonds. The fourth-order valence-electron chi connectivity index (χ4n) is 0.668. The molecule has 0 saturated heterocycles. The summed E-state index contributed by atoms with van der Waals surface area (Å²) in [7, 11) is 0. The lowest BCUT2D eigenvalue weighted by Gasteiger charge is -2.19. The first-order valence-electron chi connectivity index (χ1n) is 3.20. The Balaban J connectivity index is 4.14.